The number of hydrogen-bond donors (Lipinski definition) is 1. The monoisotopic (exact) mass is 410 g/mol. The number of amides is 2. The molecule has 1 heterocycles. The van der Waals surface area contributed by atoms with Crippen LogP contribution < -0.4 is 14.8 Å². The van der Waals surface area contributed by atoms with Gasteiger partial charge in [0.05, 0.1) is 0 Å². The van der Waals surface area contributed by atoms with E-state index in [1.807, 2.05) is 62.1 Å². The zero-order valence-corrected chi connectivity index (χ0v) is 17.9. The van der Waals surface area contributed by atoms with Crippen LogP contribution in [0.3, 0.4) is 0 Å². The number of nitrogens with one attached hydrogen (secondary N) is 1. The third kappa shape index (κ3) is 5.75. The van der Waals surface area contributed by atoms with Crippen molar-refractivity contribution in [1.82, 2.24) is 10.2 Å². The highest BCUT2D eigenvalue weighted by Gasteiger charge is 2.24. The molecule has 1 aliphatic rings. The Hall–Kier alpha value is -3.02. The molecule has 0 atom stereocenters. The topological polar surface area (TPSA) is 67.9 Å². The van der Waals surface area contributed by atoms with Crippen LogP contribution in [0.5, 0.6) is 11.5 Å². The Morgan fingerprint density at radius 2 is 1.60 bits per heavy atom. The highest BCUT2D eigenvalue weighted by Crippen LogP contribution is 2.25. The molecule has 0 spiro atoms. The first-order chi connectivity index (χ1) is 14.4. The lowest BCUT2D eigenvalue weighted by Crippen LogP contribution is -2.48. The summed E-state index contributed by atoms with van der Waals surface area (Å²) in [4.78, 5) is 26.5. The number of benzene rings is 2. The van der Waals surface area contributed by atoms with Gasteiger partial charge in [0.25, 0.3) is 11.8 Å². The van der Waals surface area contributed by atoms with Crippen LogP contribution in [0.1, 0.15) is 29.5 Å². The summed E-state index contributed by atoms with van der Waals surface area (Å²) < 4.78 is 11.3. The van der Waals surface area contributed by atoms with Crippen LogP contribution >= 0.6 is 0 Å². The Morgan fingerprint density at radius 3 is 2.30 bits per heavy atom. The van der Waals surface area contributed by atoms with Crippen molar-refractivity contribution < 1.29 is 19.1 Å². The molecule has 2 aromatic carbocycles. The summed E-state index contributed by atoms with van der Waals surface area (Å²) in [5.74, 6) is 1.31. The van der Waals surface area contributed by atoms with Crippen molar-refractivity contribution in [2.75, 3.05) is 26.3 Å². The molecule has 1 N–H and O–H groups in total. The van der Waals surface area contributed by atoms with Crippen molar-refractivity contribution in [2.45, 2.75) is 39.7 Å². The van der Waals surface area contributed by atoms with E-state index in [1.165, 1.54) is 0 Å². The molecule has 0 radical (unpaired) electrons. The zero-order valence-electron chi connectivity index (χ0n) is 17.9. The van der Waals surface area contributed by atoms with Crippen molar-refractivity contribution in [1.29, 1.82) is 0 Å². The van der Waals surface area contributed by atoms with Gasteiger partial charge in [-0.3, -0.25) is 9.59 Å². The number of likely N-dealkylation sites (tertiary alicyclic amines) is 1. The number of para-hydroxylation sites is 1. The van der Waals surface area contributed by atoms with Crippen LogP contribution in [0.4, 0.5) is 0 Å². The van der Waals surface area contributed by atoms with Crippen LogP contribution in [0.15, 0.2) is 42.5 Å². The van der Waals surface area contributed by atoms with Crippen LogP contribution in [-0.4, -0.2) is 49.1 Å². The van der Waals surface area contributed by atoms with Gasteiger partial charge in [0, 0.05) is 19.1 Å². The van der Waals surface area contributed by atoms with E-state index in [-0.39, 0.29) is 31.1 Å². The minimum Gasteiger partial charge on any atom is -0.484 e. The molecule has 30 heavy (non-hydrogen) atoms. The van der Waals surface area contributed by atoms with E-state index in [0.717, 1.165) is 35.3 Å². The lowest BCUT2D eigenvalue weighted by molar-refractivity contribution is -0.134. The molecule has 6 heteroatoms. The highest BCUT2D eigenvalue weighted by molar-refractivity contribution is 5.79. The van der Waals surface area contributed by atoms with Crippen LogP contribution in [0.2, 0.25) is 0 Å². The Bertz CT molecular complexity index is 874. The third-order valence-corrected chi connectivity index (χ3v) is 5.54. The summed E-state index contributed by atoms with van der Waals surface area (Å²) in [5.41, 5.74) is 3.25. The van der Waals surface area contributed by atoms with E-state index in [0.29, 0.717) is 18.8 Å². The van der Waals surface area contributed by atoms with Gasteiger partial charge < -0.3 is 19.7 Å². The van der Waals surface area contributed by atoms with E-state index < -0.39 is 0 Å². The first-order valence-electron chi connectivity index (χ1n) is 10.4. The number of carbonyl (C=O) groups excluding carboxylic acids is 2. The molecule has 0 saturated carbocycles. The van der Waals surface area contributed by atoms with Gasteiger partial charge in [0.2, 0.25) is 0 Å². The fourth-order valence-electron chi connectivity index (χ4n) is 3.58. The molecule has 2 aromatic rings. The van der Waals surface area contributed by atoms with E-state index in [2.05, 4.69) is 11.4 Å². The van der Waals surface area contributed by atoms with Crippen molar-refractivity contribution >= 4 is 11.8 Å². The Kier molecular flexibility index (Phi) is 7.33. The van der Waals surface area contributed by atoms with Gasteiger partial charge in [-0.1, -0.05) is 30.3 Å². The van der Waals surface area contributed by atoms with E-state index >= 15 is 0 Å². The smallest absolute Gasteiger partial charge is 0.260 e. The molecule has 160 valence electrons. The van der Waals surface area contributed by atoms with Gasteiger partial charge in [-0.05, 0) is 62.4 Å². The third-order valence-electron chi connectivity index (χ3n) is 5.54. The summed E-state index contributed by atoms with van der Waals surface area (Å²) >= 11 is 0. The molecule has 0 unspecified atom stereocenters. The number of ether oxygens (including phenoxy) is 2. The standard InChI is InChI=1S/C24H30N2O4/c1-17-9-10-18(2)24(19(17)3)30-16-23(28)26-13-11-20(12-14-26)25-22(27)15-29-21-7-5-4-6-8-21/h4-10,20H,11-16H2,1-3H3,(H,25,27). The van der Waals surface area contributed by atoms with Crippen LogP contribution in [-0.2, 0) is 9.59 Å². The minimum atomic E-state index is -0.141. The normalized spacial score (nSPS) is 14.3. The van der Waals surface area contributed by atoms with Gasteiger partial charge in [-0.2, -0.15) is 0 Å². The first-order valence-corrected chi connectivity index (χ1v) is 10.4. The van der Waals surface area contributed by atoms with Crippen LogP contribution in [0.25, 0.3) is 0 Å². The van der Waals surface area contributed by atoms with Gasteiger partial charge in [-0.15, -0.1) is 0 Å². The van der Waals surface area contributed by atoms with Crippen LogP contribution in [0, 0.1) is 20.8 Å². The summed E-state index contributed by atoms with van der Waals surface area (Å²) in [7, 11) is 0. The summed E-state index contributed by atoms with van der Waals surface area (Å²) in [6.07, 6.45) is 1.45. The van der Waals surface area contributed by atoms with Crippen molar-refractivity contribution in [3.8, 4) is 11.5 Å². The maximum Gasteiger partial charge on any atom is 0.260 e. The zero-order chi connectivity index (χ0) is 21.5. The second-order valence-corrected chi connectivity index (χ2v) is 7.77. The molecule has 6 nitrogen and oxygen atoms in total. The highest BCUT2D eigenvalue weighted by atomic mass is 16.5. The second-order valence-electron chi connectivity index (χ2n) is 7.77. The SMILES string of the molecule is Cc1ccc(C)c(OCC(=O)N2CCC(NC(=O)COc3ccccc3)CC2)c1C. The number of aryl methyl sites for hydroxylation is 2. The number of piperidine rings is 1. The Balaban J connectivity index is 1.40. The number of nitrogens with zero attached hydrogens (tertiary/aromatic N) is 1. The second kappa shape index (κ2) is 10.1. The Labute approximate surface area is 178 Å². The molecule has 0 aromatic heterocycles. The molecule has 1 fully saturated rings. The average molecular weight is 411 g/mol. The van der Waals surface area contributed by atoms with E-state index in [1.54, 1.807) is 0 Å². The quantitative estimate of drug-likeness (QED) is 0.761. The largest absolute Gasteiger partial charge is 0.484 e. The van der Waals surface area contributed by atoms with Gasteiger partial charge in [0.1, 0.15) is 11.5 Å². The van der Waals surface area contributed by atoms with Gasteiger partial charge in [-0.25, -0.2) is 0 Å². The predicted octanol–water partition coefficient (Wildman–Crippen LogP) is 3.18. The summed E-state index contributed by atoms with van der Waals surface area (Å²) in [6.45, 7) is 7.28. The summed E-state index contributed by atoms with van der Waals surface area (Å²) in [6, 6.07) is 13.4. The Morgan fingerprint density at radius 1 is 0.933 bits per heavy atom. The van der Waals surface area contributed by atoms with Gasteiger partial charge in [0.15, 0.2) is 13.2 Å². The molecule has 3 rings (SSSR count). The molecule has 1 saturated heterocycles. The maximum atomic E-state index is 12.6. The first kappa shape index (κ1) is 21.7. The lowest BCUT2D eigenvalue weighted by Gasteiger charge is -2.32. The van der Waals surface area contributed by atoms with Crippen molar-refractivity contribution in [3.63, 3.8) is 0 Å². The molecule has 2 amide bonds. The van der Waals surface area contributed by atoms with Gasteiger partial charge >= 0.3 is 0 Å². The number of rotatable bonds is 7. The summed E-state index contributed by atoms with van der Waals surface area (Å²) in [5, 5.41) is 2.99. The fourth-order valence-corrected chi connectivity index (χ4v) is 3.58. The minimum absolute atomic E-state index is 0.00775. The maximum absolute atomic E-state index is 12.6. The van der Waals surface area contributed by atoms with E-state index in [4.69, 9.17) is 9.47 Å². The molecule has 0 aliphatic carbocycles. The molecular formula is C24H30N2O4. The van der Waals surface area contributed by atoms with Crippen molar-refractivity contribution in [2.24, 2.45) is 0 Å². The average Bonchev–Trinajstić information content (AvgIpc) is 2.76. The lowest BCUT2D eigenvalue weighted by atomic mass is 10.0. The number of carbonyl (C=O) groups is 2. The fraction of sp³-hybridized carbons (Fsp3) is 0.417. The molecular weight excluding hydrogens is 380 g/mol. The van der Waals surface area contributed by atoms with E-state index in [9.17, 15) is 9.59 Å². The predicted molar refractivity (Wildman–Crippen MR) is 116 cm³/mol. The number of hydrogen-bond acceptors (Lipinski definition) is 4. The van der Waals surface area contributed by atoms with Crippen molar-refractivity contribution in [3.05, 3.63) is 59.2 Å². The molecule has 1 aliphatic heterocycles. The molecule has 0 bridgehead atoms.